The normalized spacial score (nSPS) is 18.8. The van der Waals surface area contributed by atoms with Gasteiger partial charge in [0, 0.05) is 33.6 Å². The lowest BCUT2D eigenvalue weighted by atomic mass is 9.98. The fourth-order valence-electron chi connectivity index (χ4n) is 8.00. The molecule has 1 saturated heterocycles. The van der Waals surface area contributed by atoms with Crippen LogP contribution in [0.2, 0.25) is 0 Å². The van der Waals surface area contributed by atoms with Crippen LogP contribution < -0.4 is 0 Å². The van der Waals surface area contributed by atoms with Crippen LogP contribution in [0.15, 0.2) is 0 Å². The maximum Gasteiger partial charge on any atom is 0.303 e. The lowest BCUT2D eigenvalue weighted by molar-refractivity contribution is -0.309. The molecule has 364 valence electrons. The van der Waals surface area contributed by atoms with E-state index in [9.17, 15) is 19.2 Å². The van der Waals surface area contributed by atoms with Crippen LogP contribution in [0.5, 0.6) is 0 Å². The molecule has 0 spiro atoms. The number of rotatable bonds is 42. The Morgan fingerprint density at radius 2 is 0.790 bits per heavy atom. The number of ether oxygens (including phenoxy) is 6. The second-order valence-corrected chi connectivity index (χ2v) is 19.9. The summed E-state index contributed by atoms with van der Waals surface area (Å²) in [6.45, 7) is 9.56. The van der Waals surface area contributed by atoms with Crippen molar-refractivity contribution < 1.29 is 47.6 Å². The van der Waals surface area contributed by atoms with Gasteiger partial charge in [-0.15, -0.1) is 0 Å². The summed E-state index contributed by atoms with van der Waals surface area (Å²) < 4.78 is 34.7. The van der Waals surface area contributed by atoms with Crippen molar-refractivity contribution in [1.82, 2.24) is 0 Å². The largest absolute Gasteiger partial charge is 0.463 e. The fourth-order valence-corrected chi connectivity index (χ4v) is 10.4. The molecule has 0 amide bonds. The highest BCUT2D eigenvalue weighted by atomic mass is 32.2. The standard InChI is InChI=1S/C50H92O10S2/c1-7-9-11-13-15-17-19-21-23-25-27-29-31-33-35-61-39-45(40-62-36-34-32-30-28-26-24-22-20-18-16-14-12-10-8-2)37-56-50-49(59-44(6)54)48(58-43(5)53)47(57-42(4)52)46(60-50)38-55-41(3)51/h45-50H,7-40H2,1-6H3/t46-,47+,48+,49-,50+/m1/s1. The van der Waals surface area contributed by atoms with Crippen molar-refractivity contribution in [1.29, 1.82) is 0 Å². The molecule has 0 bridgehead atoms. The smallest absolute Gasteiger partial charge is 0.303 e. The quantitative estimate of drug-likeness (QED) is 0.0329. The number of hydrogen-bond donors (Lipinski definition) is 0. The maximum absolute atomic E-state index is 12.3. The molecular weight excluding hydrogens is 825 g/mol. The van der Waals surface area contributed by atoms with Gasteiger partial charge in [0.05, 0.1) is 6.61 Å². The number of carbonyl (C=O) groups is 4. The highest BCUT2D eigenvalue weighted by Gasteiger charge is 2.52. The van der Waals surface area contributed by atoms with E-state index >= 15 is 0 Å². The van der Waals surface area contributed by atoms with E-state index < -0.39 is 54.6 Å². The Kier molecular flexibility index (Phi) is 38.7. The highest BCUT2D eigenvalue weighted by Crippen LogP contribution is 2.31. The summed E-state index contributed by atoms with van der Waals surface area (Å²) in [6.07, 6.45) is 31.9. The summed E-state index contributed by atoms with van der Waals surface area (Å²) in [5.41, 5.74) is 0. The van der Waals surface area contributed by atoms with Gasteiger partial charge in [0.1, 0.15) is 12.7 Å². The van der Waals surface area contributed by atoms with Gasteiger partial charge in [0.25, 0.3) is 0 Å². The van der Waals surface area contributed by atoms with E-state index in [-0.39, 0.29) is 12.5 Å². The van der Waals surface area contributed by atoms with Gasteiger partial charge >= 0.3 is 23.9 Å². The minimum Gasteiger partial charge on any atom is -0.463 e. The Morgan fingerprint density at radius 3 is 1.15 bits per heavy atom. The number of thioether (sulfide) groups is 2. The van der Waals surface area contributed by atoms with Crippen LogP contribution in [0.1, 0.15) is 221 Å². The first-order valence-corrected chi connectivity index (χ1v) is 27.5. The molecule has 1 aliphatic heterocycles. The molecule has 1 rings (SSSR count). The van der Waals surface area contributed by atoms with Crippen molar-refractivity contribution >= 4 is 47.4 Å². The van der Waals surface area contributed by atoms with Gasteiger partial charge in [0.15, 0.2) is 24.6 Å². The van der Waals surface area contributed by atoms with Crippen LogP contribution in [0.25, 0.3) is 0 Å². The highest BCUT2D eigenvalue weighted by molar-refractivity contribution is 8.00. The summed E-state index contributed by atoms with van der Waals surface area (Å²) in [4.78, 5) is 48.6. The molecule has 0 aromatic heterocycles. The van der Waals surface area contributed by atoms with E-state index in [2.05, 4.69) is 13.8 Å². The van der Waals surface area contributed by atoms with Crippen LogP contribution in [0.4, 0.5) is 0 Å². The van der Waals surface area contributed by atoms with Crippen LogP contribution in [-0.4, -0.2) is 90.8 Å². The number of unbranched alkanes of at least 4 members (excludes halogenated alkanes) is 26. The molecule has 0 N–H and O–H groups in total. The minimum atomic E-state index is -1.23. The van der Waals surface area contributed by atoms with Gasteiger partial charge in [0.2, 0.25) is 0 Å². The van der Waals surface area contributed by atoms with Gasteiger partial charge in [-0.2, -0.15) is 23.5 Å². The first kappa shape index (κ1) is 58.5. The van der Waals surface area contributed by atoms with Crippen LogP contribution in [0, 0.1) is 5.92 Å². The van der Waals surface area contributed by atoms with E-state index in [1.54, 1.807) is 0 Å². The minimum absolute atomic E-state index is 0.190. The number of carbonyl (C=O) groups excluding carboxylic acids is 4. The van der Waals surface area contributed by atoms with Crippen molar-refractivity contribution in [3.8, 4) is 0 Å². The van der Waals surface area contributed by atoms with Gasteiger partial charge in [-0.1, -0.05) is 181 Å². The molecule has 0 unspecified atom stereocenters. The lowest BCUT2D eigenvalue weighted by Crippen LogP contribution is -2.63. The average Bonchev–Trinajstić information content (AvgIpc) is 3.22. The Hall–Kier alpha value is -1.50. The molecule has 0 aromatic carbocycles. The molecule has 10 nitrogen and oxygen atoms in total. The first-order chi connectivity index (χ1) is 30.1. The van der Waals surface area contributed by atoms with Crippen LogP contribution in [-0.2, 0) is 47.6 Å². The molecular formula is C50H92O10S2. The first-order valence-electron chi connectivity index (χ1n) is 25.2. The zero-order chi connectivity index (χ0) is 45.5. The van der Waals surface area contributed by atoms with Gasteiger partial charge in [-0.25, -0.2) is 0 Å². The maximum atomic E-state index is 12.3. The molecule has 12 heteroatoms. The third-order valence-corrected chi connectivity index (χ3v) is 14.0. The molecule has 1 fully saturated rings. The molecule has 1 aliphatic rings. The molecule has 1 heterocycles. The lowest BCUT2D eigenvalue weighted by Gasteiger charge is -2.44. The van der Waals surface area contributed by atoms with Crippen molar-refractivity contribution in [2.24, 2.45) is 5.92 Å². The van der Waals surface area contributed by atoms with Gasteiger partial charge in [-0.05, 0) is 35.9 Å². The Balaban J connectivity index is 2.70. The Labute approximate surface area is 387 Å². The molecule has 62 heavy (non-hydrogen) atoms. The predicted molar refractivity (Wildman–Crippen MR) is 257 cm³/mol. The van der Waals surface area contributed by atoms with E-state index in [4.69, 9.17) is 28.4 Å². The topological polar surface area (TPSA) is 124 Å². The molecule has 0 saturated carbocycles. The van der Waals surface area contributed by atoms with Gasteiger partial charge in [-0.3, -0.25) is 19.2 Å². The summed E-state index contributed by atoms with van der Waals surface area (Å²) in [7, 11) is 0. The van der Waals surface area contributed by atoms with Crippen molar-refractivity contribution in [3.05, 3.63) is 0 Å². The zero-order valence-electron chi connectivity index (χ0n) is 40.4. The van der Waals surface area contributed by atoms with Crippen molar-refractivity contribution in [3.63, 3.8) is 0 Å². The monoisotopic (exact) mass is 917 g/mol. The fraction of sp³-hybridized carbons (Fsp3) is 0.920. The van der Waals surface area contributed by atoms with E-state index in [0.717, 1.165) is 23.0 Å². The second-order valence-electron chi connectivity index (χ2n) is 17.6. The zero-order valence-corrected chi connectivity index (χ0v) is 42.0. The second kappa shape index (κ2) is 41.0. The molecule has 0 aliphatic carbocycles. The third kappa shape index (κ3) is 33.0. The summed E-state index contributed by atoms with van der Waals surface area (Å²) in [5.74, 6) is 1.71. The Morgan fingerprint density at radius 1 is 0.452 bits per heavy atom. The molecule has 0 aromatic rings. The van der Waals surface area contributed by atoms with Crippen LogP contribution >= 0.6 is 23.5 Å². The average molecular weight is 917 g/mol. The summed E-state index contributed by atoms with van der Waals surface area (Å²) in [5, 5.41) is 0. The van der Waals surface area contributed by atoms with E-state index in [0.29, 0.717) is 6.61 Å². The predicted octanol–water partition coefficient (Wildman–Crippen LogP) is 13.1. The third-order valence-electron chi connectivity index (χ3n) is 11.4. The van der Waals surface area contributed by atoms with Crippen molar-refractivity contribution in [2.45, 2.75) is 252 Å². The Bertz CT molecular complexity index is 1070. The summed E-state index contributed by atoms with van der Waals surface area (Å²) in [6, 6.07) is 0. The van der Waals surface area contributed by atoms with E-state index in [1.807, 2.05) is 23.5 Å². The number of hydrogen-bond acceptors (Lipinski definition) is 12. The van der Waals surface area contributed by atoms with Crippen LogP contribution in [0.3, 0.4) is 0 Å². The number of esters is 4. The molecule has 5 atom stereocenters. The van der Waals surface area contributed by atoms with E-state index in [1.165, 1.54) is 207 Å². The molecule has 0 radical (unpaired) electrons. The summed E-state index contributed by atoms with van der Waals surface area (Å²) >= 11 is 3.91. The van der Waals surface area contributed by atoms with Gasteiger partial charge < -0.3 is 28.4 Å². The SMILES string of the molecule is CCCCCCCCCCCCCCCCSCC(CO[C@H]1O[C@H](COC(C)=O)[C@H](OC(C)=O)[C@H](OC(C)=O)[C@H]1OC(C)=O)CSCCCCCCCCCCCCCCCC. The van der Waals surface area contributed by atoms with Crippen molar-refractivity contribution in [2.75, 3.05) is 36.2 Å².